The fourth-order valence-corrected chi connectivity index (χ4v) is 4.95. The average Bonchev–Trinajstić information content (AvgIpc) is 3.43. The smallest absolute Gasteiger partial charge is 0.336 e. The molecule has 5 rings (SSSR count). The summed E-state index contributed by atoms with van der Waals surface area (Å²) >= 11 is 0. The summed E-state index contributed by atoms with van der Waals surface area (Å²) in [5, 5.41) is 62.0. The zero-order chi connectivity index (χ0) is 27.4. The lowest BCUT2D eigenvalue weighted by molar-refractivity contribution is -0.348. The predicted molar refractivity (Wildman–Crippen MR) is 126 cm³/mol. The van der Waals surface area contributed by atoms with E-state index in [4.69, 9.17) is 28.1 Å². The summed E-state index contributed by atoms with van der Waals surface area (Å²) in [4.78, 5) is 11.6. The van der Waals surface area contributed by atoms with Crippen molar-refractivity contribution in [2.24, 2.45) is 0 Å². The highest BCUT2D eigenvalue weighted by Crippen LogP contribution is 2.39. The van der Waals surface area contributed by atoms with E-state index in [1.54, 1.807) is 26.0 Å². The van der Waals surface area contributed by atoms with Gasteiger partial charge >= 0.3 is 5.63 Å². The summed E-state index contributed by atoms with van der Waals surface area (Å²) in [5.41, 5.74) is -2.23. The normalized spacial score (nSPS) is 37.4. The average molecular weight is 541 g/mol. The largest absolute Gasteiger partial charge is 0.487 e. The van der Waals surface area contributed by atoms with Gasteiger partial charge in [0, 0.05) is 23.9 Å². The van der Waals surface area contributed by atoms with Crippen molar-refractivity contribution in [2.45, 2.75) is 80.7 Å². The highest BCUT2D eigenvalue weighted by atomic mass is 16.7. The molecule has 0 saturated carbocycles. The molecule has 0 spiro atoms. The fraction of sp³-hybridized carbons (Fsp3) is 0.640. The lowest BCUT2D eigenvalue weighted by Crippen LogP contribution is -2.63. The van der Waals surface area contributed by atoms with Crippen LogP contribution in [-0.4, -0.2) is 111 Å². The molecule has 2 aromatic rings. The Morgan fingerprint density at radius 1 is 1.11 bits per heavy atom. The molecule has 13 nitrogen and oxygen atoms in total. The zero-order valence-corrected chi connectivity index (χ0v) is 20.8. The number of hydrogen-bond acceptors (Lipinski definition) is 13. The second kappa shape index (κ2) is 10.1. The van der Waals surface area contributed by atoms with E-state index < -0.39 is 85.9 Å². The predicted octanol–water partition coefficient (Wildman–Crippen LogP) is -1.84. The number of aliphatic hydroxyl groups is 6. The number of ether oxygens (including phenoxy) is 5. The molecule has 0 amide bonds. The minimum absolute atomic E-state index is 0.385. The summed E-state index contributed by atoms with van der Waals surface area (Å²) in [6, 6.07) is 6.50. The molecule has 38 heavy (non-hydrogen) atoms. The summed E-state index contributed by atoms with van der Waals surface area (Å²) in [6.07, 6.45) is -10.4. The maximum atomic E-state index is 11.6. The Hall–Kier alpha value is -2.17. The molecular weight excluding hydrogens is 508 g/mol. The van der Waals surface area contributed by atoms with Crippen molar-refractivity contribution in [3.05, 3.63) is 40.2 Å². The van der Waals surface area contributed by atoms with Gasteiger partial charge in [-0.2, -0.15) is 0 Å². The third-order valence-electron chi connectivity index (χ3n) is 7.36. The van der Waals surface area contributed by atoms with E-state index in [-0.39, 0.29) is 0 Å². The van der Waals surface area contributed by atoms with E-state index in [1.807, 2.05) is 6.07 Å². The molecule has 4 heterocycles. The Bertz CT molecular complexity index is 1210. The second-order valence-corrected chi connectivity index (χ2v) is 10.5. The zero-order valence-electron chi connectivity index (χ0n) is 20.8. The van der Waals surface area contributed by atoms with E-state index in [2.05, 4.69) is 0 Å². The number of fused-ring (bicyclic) bond motifs is 2. The lowest BCUT2D eigenvalue weighted by atomic mass is 9.95. The Kier molecular flexibility index (Phi) is 7.28. The molecule has 1 aromatic carbocycles. The summed E-state index contributed by atoms with van der Waals surface area (Å²) < 4.78 is 33.9. The molecule has 13 heteroatoms. The van der Waals surface area contributed by atoms with Crippen molar-refractivity contribution >= 4 is 11.0 Å². The first-order valence-corrected chi connectivity index (χ1v) is 12.3. The summed E-state index contributed by atoms with van der Waals surface area (Å²) in [7, 11) is 0. The van der Waals surface area contributed by atoms with Crippen molar-refractivity contribution in [1.29, 1.82) is 0 Å². The van der Waals surface area contributed by atoms with Crippen LogP contribution in [0.5, 0.6) is 5.75 Å². The van der Waals surface area contributed by atoms with Crippen LogP contribution in [-0.2, 0) is 25.4 Å². The van der Waals surface area contributed by atoms with Gasteiger partial charge in [-0.3, -0.25) is 0 Å². The van der Waals surface area contributed by atoms with E-state index >= 15 is 0 Å². The highest BCUT2D eigenvalue weighted by molar-refractivity contribution is 5.79. The van der Waals surface area contributed by atoms with Crippen molar-refractivity contribution in [1.82, 2.24) is 0 Å². The van der Waals surface area contributed by atoms with E-state index in [0.29, 0.717) is 17.8 Å². The summed E-state index contributed by atoms with van der Waals surface area (Å²) in [5.74, 6) is 0.526. The maximum Gasteiger partial charge on any atom is 0.336 e. The van der Waals surface area contributed by atoms with Crippen LogP contribution in [0.3, 0.4) is 0 Å². The van der Waals surface area contributed by atoms with E-state index in [1.165, 1.54) is 6.07 Å². The van der Waals surface area contributed by atoms with Gasteiger partial charge in [0.05, 0.1) is 19.8 Å². The molecule has 6 N–H and O–H groups in total. The molecule has 9 unspecified atom stereocenters. The Morgan fingerprint density at radius 3 is 2.55 bits per heavy atom. The number of hydrogen-bond donors (Lipinski definition) is 6. The molecule has 1 aromatic heterocycles. The quantitative estimate of drug-likeness (QED) is 0.214. The lowest BCUT2D eigenvalue weighted by Gasteiger charge is -2.45. The van der Waals surface area contributed by atoms with Gasteiger partial charge in [-0.25, -0.2) is 4.79 Å². The van der Waals surface area contributed by atoms with Crippen LogP contribution in [0.1, 0.15) is 19.4 Å². The third-order valence-corrected chi connectivity index (χ3v) is 7.36. The Labute approximate surface area is 216 Å². The van der Waals surface area contributed by atoms with Gasteiger partial charge in [0.1, 0.15) is 59.2 Å². The first-order valence-electron chi connectivity index (χ1n) is 12.3. The van der Waals surface area contributed by atoms with Crippen molar-refractivity contribution in [3.8, 4) is 5.75 Å². The van der Waals surface area contributed by atoms with Gasteiger partial charge in [0.25, 0.3) is 0 Å². The van der Waals surface area contributed by atoms with E-state index in [0.717, 1.165) is 10.9 Å². The molecule has 210 valence electrons. The van der Waals surface area contributed by atoms with Gasteiger partial charge < -0.3 is 58.7 Å². The molecule has 2 saturated heterocycles. The molecule has 0 aliphatic carbocycles. The molecular formula is C25H32O13. The molecule has 3 aliphatic heterocycles. The van der Waals surface area contributed by atoms with Gasteiger partial charge in [-0.05, 0) is 31.5 Å². The third kappa shape index (κ3) is 4.84. The second-order valence-electron chi connectivity index (χ2n) is 10.5. The number of rotatable bonds is 7. The van der Waals surface area contributed by atoms with Gasteiger partial charge in [0.2, 0.25) is 0 Å². The first kappa shape index (κ1) is 27.4. The molecule has 9 atom stereocenters. The van der Waals surface area contributed by atoms with Crippen molar-refractivity contribution in [3.63, 3.8) is 0 Å². The van der Waals surface area contributed by atoms with Crippen LogP contribution in [0.4, 0.5) is 0 Å². The van der Waals surface area contributed by atoms with Crippen LogP contribution in [0.15, 0.2) is 33.5 Å². The molecule has 0 bridgehead atoms. The van der Waals surface area contributed by atoms with Crippen LogP contribution < -0.4 is 10.4 Å². The van der Waals surface area contributed by atoms with Crippen LogP contribution >= 0.6 is 0 Å². The topological polar surface area (TPSA) is 198 Å². The van der Waals surface area contributed by atoms with Crippen LogP contribution in [0.2, 0.25) is 0 Å². The SMILES string of the molecule is CC(C)(OC1OC(CO)C(OC2OCC(O)(CO)C2O)C(O)C1O)C1Cc2cc3ccc(=O)oc3cc2O1. The van der Waals surface area contributed by atoms with E-state index in [9.17, 15) is 35.4 Å². The Balaban J connectivity index is 1.27. The van der Waals surface area contributed by atoms with Crippen molar-refractivity contribution in [2.75, 3.05) is 19.8 Å². The molecule has 0 radical (unpaired) electrons. The monoisotopic (exact) mass is 540 g/mol. The minimum Gasteiger partial charge on any atom is -0.487 e. The van der Waals surface area contributed by atoms with Crippen LogP contribution in [0.25, 0.3) is 11.0 Å². The standard InChI is InChI=1S/C25H32O13/c1-24(2,16-6-12-5-11-3-4-17(28)35-13(11)7-14(12)34-16)38-22-19(30)18(29)20(15(8-26)36-22)37-23-21(31)25(32,9-27)10-33-23/h3-5,7,15-16,18-23,26-27,29-32H,6,8-10H2,1-2H3. The first-order chi connectivity index (χ1) is 18.0. The summed E-state index contributed by atoms with van der Waals surface area (Å²) in [6.45, 7) is 1.61. The maximum absolute atomic E-state index is 11.6. The number of aliphatic hydroxyl groups excluding tert-OH is 5. The highest BCUT2D eigenvalue weighted by Gasteiger charge is 2.54. The van der Waals surface area contributed by atoms with Gasteiger partial charge in [-0.1, -0.05) is 0 Å². The van der Waals surface area contributed by atoms with Crippen LogP contribution in [0, 0.1) is 0 Å². The number of benzene rings is 1. The molecule has 2 fully saturated rings. The molecule has 3 aliphatic rings. The van der Waals surface area contributed by atoms with Gasteiger partial charge in [-0.15, -0.1) is 0 Å². The Morgan fingerprint density at radius 2 is 1.87 bits per heavy atom. The van der Waals surface area contributed by atoms with Gasteiger partial charge in [0.15, 0.2) is 12.6 Å². The van der Waals surface area contributed by atoms with Crippen molar-refractivity contribution < 1.29 is 58.7 Å². The minimum atomic E-state index is -1.95. The fourth-order valence-electron chi connectivity index (χ4n) is 4.95.